The number of rotatable bonds is 2. The minimum atomic E-state index is -0.529. The molecule has 0 aromatic carbocycles. The van der Waals surface area contributed by atoms with Crippen molar-refractivity contribution in [3.8, 4) is 0 Å². The van der Waals surface area contributed by atoms with Gasteiger partial charge >= 0.3 is 5.97 Å². The summed E-state index contributed by atoms with van der Waals surface area (Å²) >= 11 is 0. The number of hydroxylamine groups is 2. The summed E-state index contributed by atoms with van der Waals surface area (Å²) < 4.78 is 5.07. The first-order valence-corrected chi connectivity index (χ1v) is 7.13. The molecule has 0 aromatic heterocycles. The molecule has 3 rings (SSSR count). The van der Waals surface area contributed by atoms with E-state index in [0.29, 0.717) is 19.6 Å². The Labute approximate surface area is 113 Å². The van der Waals surface area contributed by atoms with E-state index < -0.39 is 6.10 Å². The van der Waals surface area contributed by atoms with Crippen LogP contribution in [-0.4, -0.2) is 36.1 Å². The molecule has 19 heavy (non-hydrogen) atoms. The Kier molecular flexibility index (Phi) is 3.37. The van der Waals surface area contributed by atoms with Crippen LogP contribution in [0.5, 0.6) is 0 Å². The summed E-state index contributed by atoms with van der Waals surface area (Å²) in [6.45, 7) is 4.88. The molecule has 0 radical (unpaired) electrons. The maximum atomic E-state index is 11.9. The number of carbonyl (C=O) groups excluding carboxylic acids is 1. The van der Waals surface area contributed by atoms with Gasteiger partial charge in [-0.05, 0) is 44.3 Å². The van der Waals surface area contributed by atoms with E-state index in [1.54, 1.807) is 5.23 Å². The number of nitrogens with zero attached hydrogens (tertiary/aromatic N) is 1. The van der Waals surface area contributed by atoms with Crippen molar-refractivity contribution >= 4 is 5.97 Å². The number of ether oxygens (including phenoxy) is 1. The first kappa shape index (κ1) is 13.1. The molecule has 0 unspecified atom stereocenters. The molecule has 106 valence electrons. The van der Waals surface area contributed by atoms with Gasteiger partial charge in [-0.2, -0.15) is 0 Å². The van der Waals surface area contributed by atoms with E-state index in [0.717, 1.165) is 19.3 Å². The summed E-state index contributed by atoms with van der Waals surface area (Å²) in [6, 6.07) is 0. The van der Waals surface area contributed by atoms with Gasteiger partial charge in [0.1, 0.15) is 0 Å². The molecule has 5 nitrogen and oxygen atoms in total. The molecule has 2 fully saturated rings. The number of hydrogen-bond donors (Lipinski definition) is 0. The highest BCUT2D eigenvalue weighted by Crippen LogP contribution is 2.49. The van der Waals surface area contributed by atoms with Crippen LogP contribution >= 0.6 is 0 Å². The quantitative estimate of drug-likeness (QED) is 0.566. The SMILES string of the molecule is CCOC(=O)[C@@H]1C[C@@]23CCCCC2=C(C)CON3O1. The van der Waals surface area contributed by atoms with Crippen molar-refractivity contribution in [1.29, 1.82) is 0 Å². The normalized spacial score (nSPS) is 34.9. The van der Waals surface area contributed by atoms with Gasteiger partial charge in [0.25, 0.3) is 0 Å². The standard InChI is InChI=1S/C14H21NO4/c1-3-17-13(16)12-8-14-7-5-4-6-11(14)10(2)9-18-15(14)19-12/h12H,3-9H2,1-2H3/t12-,14-/m0/s1. The zero-order valence-electron chi connectivity index (χ0n) is 11.6. The van der Waals surface area contributed by atoms with Crippen LogP contribution in [0.1, 0.15) is 46.0 Å². The highest BCUT2D eigenvalue weighted by molar-refractivity contribution is 5.75. The van der Waals surface area contributed by atoms with Crippen molar-refractivity contribution < 1.29 is 19.2 Å². The predicted molar refractivity (Wildman–Crippen MR) is 67.8 cm³/mol. The van der Waals surface area contributed by atoms with Gasteiger partial charge in [-0.25, -0.2) is 4.79 Å². The topological polar surface area (TPSA) is 48.0 Å². The van der Waals surface area contributed by atoms with Gasteiger partial charge in [-0.15, -0.1) is 0 Å². The van der Waals surface area contributed by atoms with Gasteiger partial charge in [-0.3, -0.25) is 9.68 Å². The zero-order chi connectivity index (χ0) is 13.5. The maximum Gasteiger partial charge on any atom is 0.337 e. The summed E-state index contributed by atoms with van der Waals surface area (Å²) in [5.74, 6) is -0.280. The second kappa shape index (κ2) is 4.89. The van der Waals surface area contributed by atoms with Crippen molar-refractivity contribution in [2.24, 2.45) is 0 Å². The molecule has 0 N–H and O–H groups in total. The lowest BCUT2D eigenvalue weighted by atomic mass is 9.72. The van der Waals surface area contributed by atoms with Gasteiger partial charge < -0.3 is 4.74 Å². The number of esters is 1. The molecule has 2 heterocycles. The third-order valence-electron chi connectivity index (χ3n) is 4.39. The molecule has 0 bridgehead atoms. The lowest BCUT2D eigenvalue weighted by molar-refractivity contribution is -0.386. The lowest BCUT2D eigenvalue weighted by Gasteiger charge is -2.44. The molecule has 1 aliphatic carbocycles. The molecule has 1 saturated carbocycles. The molecule has 2 atom stereocenters. The van der Waals surface area contributed by atoms with Crippen LogP contribution in [-0.2, 0) is 19.2 Å². The van der Waals surface area contributed by atoms with Crippen LogP contribution in [0.15, 0.2) is 11.1 Å². The number of hydrogen-bond acceptors (Lipinski definition) is 5. The molecule has 3 aliphatic rings. The average molecular weight is 267 g/mol. The third kappa shape index (κ3) is 2.00. The molecule has 5 heteroatoms. The van der Waals surface area contributed by atoms with E-state index in [1.807, 2.05) is 6.92 Å². The van der Waals surface area contributed by atoms with E-state index in [-0.39, 0.29) is 11.5 Å². The van der Waals surface area contributed by atoms with Gasteiger partial charge in [0.15, 0.2) is 6.10 Å². The predicted octanol–water partition coefficient (Wildman–Crippen LogP) is 2.13. The Bertz CT molecular complexity index is 420. The van der Waals surface area contributed by atoms with Gasteiger partial charge in [0.05, 0.1) is 18.8 Å². The minimum absolute atomic E-state index is 0.224. The van der Waals surface area contributed by atoms with E-state index in [2.05, 4.69) is 6.92 Å². The Morgan fingerprint density at radius 1 is 1.53 bits per heavy atom. The van der Waals surface area contributed by atoms with E-state index in [4.69, 9.17) is 14.4 Å². The van der Waals surface area contributed by atoms with Crippen molar-refractivity contribution in [2.45, 2.75) is 57.6 Å². The van der Waals surface area contributed by atoms with Crippen LogP contribution in [0.4, 0.5) is 0 Å². The Hall–Kier alpha value is -0.910. The third-order valence-corrected chi connectivity index (χ3v) is 4.39. The average Bonchev–Trinajstić information content (AvgIpc) is 2.78. The fourth-order valence-corrected chi connectivity index (χ4v) is 3.53. The first-order valence-electron chi connectivity index (χ1n) is 7.13. The summed E-state index contributed by atoms with van der Waals surface area (Å²) in [7, 11) is 0. The summed E-state index contributed by atoms with van der Waals surface area (Å²) in [5, 5.41) is 1.59. The lowest BCUT2D eigenvalue weighted by Crippen LogP contribution is -2.49. The molecule has 0 aromatic rings. The van der Waals surface area contributed by atoms with E-state index in [9.17, 15) is 4.79 Å². The monoisotopic (exact) mass is 267 g/mol. The van der Waals surface area contributed by atoms with Gasteiger partial charge in [0, 0.05) is 6.42 Å². The second-order valence-electron chi connectivity index (χ2n) is 5.58. The smallest absolute Gasteiger partial charge is 0.337 e. The van der Waals surface area contributed by atoms with Crippen molar-refractivity contribution in [2.75, 3.05) is 13.2 Å². The van der Waals surface area contributed by atoms with Crippen LogP contribution in [0.3, 0.4) is 0 Å². The van der Waals surface area contributed by atoms with Gasteiger partial charge in [0.2, 0.25) is 0 Å². The van der Waals surface area contributed by atoms with Crippen molar-refractivity contribution in [1.82, 2.24) is 5.23 Å². The highest BCUT2D eigenvalue weighted by atomic mass is 17.0. The van der Waals surface area contributed by atoms with Gasteiger partial charge in [-0.1, -0.05) is 11.6 Å². The van der Waals surface area contributed by atoms with E-state index in [1.165, 1.54) is 17.6 Å². The molecule has 1 spiro atoms. The molecule has 2 aliphatic heterocycles. The molecule has 1 saturated heterocycles. The Balaban J connectivity index is 1.87. The van der Waals surface area contributed by atoms with Crippen LogP contribution in [0.25, 0.3) is 0 Å². The fraction of sp³-hybridized carbons (Fsp3) is 0.786. The molecular weight excluding hydrogens is 246 g/mol. The Morgan fingerprint density at radius 2 is 2.37 bits per heavy atom. The van der Waals surface area contributed by atoms with E-state index >= 15 is 0 Å². The molecular formula is C14H21NO4. The maximum absolute atomic E-state index is 11.9. The van der Waals surface area contributed by atoms with Crippen LogP contribution < -0.4 is 0 Å². The minimum Gasteiger partial charge on any atom is -0.464 e. The van der Waals surface area contributed by atoms with Crippen molar-refractivity contribution in [3.63, 3.8) is 0 Å². The highest BCUT2D eigenvalue weighted by Gasteiger charge is 2.55. The largest absolute Gasteiger partial charge is 0.464 e. The van der Waals surface area contributed by atoms with Crippen LogP contribution in [0, 0.1) is 0 Å². The summed E-state index contributed by atoms with van der Waals surface area (Å²) in [6.07, 6.45) is 4.57. The zero-order valence-corrected chi connectivity index (χ0v) is 11.6. The Morgan fingerprint density at radius 3 is 3.16 bits per heavy atom. The summed E-state index contributed by atoms with van der Waals surface area (Å²) in [5.41, 5.74) is 2.48. The van der Waals surface area contributed by atoms with Crippen LogP contribution in [0.2, 0.25) is 0 Å². The van der Waals surface area contributed by atoms with Crippen molar-refractivity contribution in [3.05, 3.63) is 11.1 Å². The summed E-state index contributed by atoms with van der Waals surface area (Å²) in [4.78, 5) is 23.3. The number of carbonyl (C=O) groups is 1. The molecule has 0 amide bonds. The second-order valence-corrected chi connectivity index (χ2v) is 5.58. The first-order chi connectivity index (χ1) is 9.17. The fourth-order valence-electron chi connectivity index (χ4n) is 3.53.